The quantitative estimate of drug-likeness (QED) is 0.563. The number of aromatic nitrogens is 1. The van der Waals surface area contributed by atoms with Crippen molar-refractivity contribution in [2.24, 2.45) is 4.99 Å². The van der Waals surface area contributed by atoms with Gasteiger partial charge in [0.1, 0.15) is 5.36 Å². The van der Waals surface area contributed by atoms with Crippen LogP contribution < -0.4 is 10.6 Å². The van der Waals surface area contributed by atoms with Crippen LogP contribution in [0.3, 0.4) is 0 Å². The highest BCUT2D eigenvalue weighted by atomic mass is 16.2. The van der Waals surface area contributed by atoms with Gasteiger partial charge in [-0.05, 0) is 6.07 Å². The van der Waals surface area contributed by atoms with E-state index < -0.39 is 11.7 Å². The van der Waals surface area contributed by atoms with E-state index in [9.17, 15) is 9.59 Å². The summed E-state index contributed by atoms with van der Waals surface area (Å²) in [4.78, 5) is 30.3. The Labute approximate surface area is 90.0 Å². The molecule has 0 saturated carbocycles. The second-order valence-corrected chi connectivity index (χ2v) is 3.50. The van der Waals surface area contributed by atoms with Crippen molar-refractivity contribution in [1.82, 2.24) is 4.98 Å². The van der Waals surface area contributed by atoms with Crippen LogP contribution >= 0.6 is 0 Å². The summed E-state index contributed by atoms with van der Waals surface area (Å²) in [5.74, 6) is -1.31. The van der Waals surface area contributed by atoms with Gasteiger partial charge in [0.05, 0.1) is 5.52 Å². The third-order valence-corrected chi connectivity index (χ3v) is 2.49. The number of Topliss-reactive ketones (excluding diaryl/α,β-unsaturated/α-hetero) is 1. The zero-order chi connectivity index (χ0) is 11.1. The van der Waals surface area contributed by atoms with Gasteiger partial charge in [0, 0.05) is 22.9 Å². The van der Waals surface area contributed by atoms with E-state index in [0.29, 0.717) is 16.1 Å². The molecule has 1 amide bonds. The number of fused-ring (bicyclic) bond motifs is 3. The average Bonchev–Trinajstić information content (AvgIpc) is 2.31. The third kappa shape index (κ3) is 1.16. The topological polar surface area (TPSA) is 59.4 Å². The molecular weight excluding hydrogens is 204 g/mol. The number of hydrogen-bond acceptors (Lipinski definition) is 3. The molecule has 2 heterocycles. The maximum Gasteiger partial charge on any atom is 0.318 e. The molecule has 2 aromatic rings. The normalized spacial score (nSPS) is 14.2. The van der Waals surface area contributed by atoms with E-state index in [1.165, 1.54) is 6.08 Å². The molecule has 0 atom stereocenters. The Morgan fingerprint density at radius 1 is 1.06 bits per heavy atom. The number of carbonyl (C=O) groups is 2. The fourth-order valence-electron chi connectivity index (χ4n) is 1.74. The maximum absolute atomic E-state index is 11.2. The first-order valence-electron chi connectivity index (χ1n) is 4.78. The predicted octanol–water partition coefficient (Wildman–Crippen LogP) is -0.256. The molecule has 4 nitrogen and oxygen atoms in total. The Balaban J connectivity index is 2.59. The van der Waals surface area contributed by atoms with Gasteiger partial charge in [0.25, 0.3) is 0 Å². The highest BCUT2D eigenvalue weighted by molar-refractivity contribution is 6.48. The van der Waals surface area contributed by atoms with E-state index in [1.54, 1.807) is 12.3 Å². The predicted molar refractivity (Wildman–Crippen MR) is 57.0 cm³/mol. The number of benzene rings is 1. The van der Waals surface area contributed by atoms with E-state index in [1.807, 2.05) is 18.2 Å². The van der Waals surface area contributed by atoms with Crippen LogP contribution in [0.2, 0.25) is 0 Å². The van der Waals surface area contributed by atoms with Gasteiger partial charge in [-0.2, -0.15) is 0 Å². The lowest BCUT2D eigenvalue weighted by atomic mass is 10.1. The number of pyridine rings is 1. The minimum atomic E-state index is -0.731. The smallest absolute Gasteiger partial charge is 0.284 e. The highest BCUT2D eigenvalue weighted by Crippen LogP contribution is 2.03. The monoisotopic (exact) mass is 210 g/mol. The van der Waals surface area contributed by atoms with Crippen molar-refractivity contribution in [2.75, 3.05) is 0 Å². The molecule has 0 unspecified atom stereocenters. The molecule has 0 fully saturated rings. The fraction of sp³-hybridized carbons (Fsp3) is 0. The van der Waals surface area contributed by atoms with Crippen LogP contribution in [0.5, 0.6) is 0 Å². The standard InChI is InChI=1S/C12H6N2O2/c15-9-6-8-4-3-7-2-1-5-13-10(7)11(8)14-12(9)16/h1-6H. The van der Waals surface area contributed by atoms with Crippen LogP contribution in [0.15, 0.2) is 35.5 Å². The van der Waals surface area contributed by atoms with Gasteiger partial charge in [-0.15, -0.1) is 0 Å². The molecule has 1 aromatic carbocycles. The Bertz CT molecular complexity index is 747. The molecule has 76 valence electrons. The van der Waals surface area contributed by atoms with E-state index >= 15 is 0 Å². The van der Waals surface area contributed by atoms with Crippen molar-refractivity contribution in [3.63, 3.8) is 0 Å². The van der Waals surface area contributed by atoms with Gasteiger partial charge in [-0.25, -0.2) is 4.99 Å². The van der Waals surface area contributed by atoms with Gasteiger partial charge in [-0.1, -0.05) is 18.2 Å². The maximum atomic E-state index is 11.2. The van der Waals surface area contributed by atoms with Crippen molar-refractivity contribution in [3.8, 4) is 0 Å². The summed E-state index contributed by atoms with van der Waals surface area (Å²) in [7, 11) is 0. The van der Waals surface area contributed by atoms with E-state index in [0.717, 1.165) is 5.39 Å². The third-order valence-electron chi connectivity index (χ3n) is 2.49. The van der Waals surface area contributed by atoms with Crippen molar-refractivity contribution in [3.05, 3.63) is 41.0 Å². The summed E-state index contributed by atoms with van der Waals surface area (Å²) in [5.41, 5.74) is 0.650. The van der Waals surface area contributed by atoms with Gasteiger partial charge in [-0.3, -0.25) is 14.6 Å². The molecule has 0 aliphatic carbocycles. The molecule has 1 aromatic heterocycles. The molecule has 0 radical (unpaired) electrons. The van der Waals surface area contributed by atoms with Crippen LogP contribution in [0.25, 0.3) is 17.0 Å². The number of rotatable bonds is 0. The Morgan fingerprint density at radius 3 is 2.81 bits per heavy atom. The summed E-state index contributed by atoms with van der Waals surface area (Å²) >= 11 is 0. The number of amides is 1. The first kappa shape index (κ1) is 8.91. The molecular formula is C12H6N2O2. The zero-order valence-corrected chi connectivity index (χ0v) is 8.18. The lowest BCUT2D eigenvalue weighted by Crippen LogP contribution is -2.34. The fourth-order valence-corrected chi connectivity index (χ4v) is 1.74. The molecule has 0 N–H and O–H groups in total. The Kier molecular flexibility index (Phi) is 1.71. The number of hydrogen-bond donors (Lipinski definition) is 0. The summed E-state index contributed by atoms with van der Waals surface area (Å²) in [6.07, 6.45) is 2.94. The summed E-state index contributed by atoms with van der Waals surface area (Å²) in [6, 6.07) is 7.33. The van der Waals surface area contributed by atoms with Gasteiger partial charge in [0.15, 0.2) is 0 Å². The van der Waals surface area contributed by atoms with E-state index in [2.05, 4.69) is 9.98 Å². The summed E-state index contributed by atoms with van der Waals surface area (Å²) in [6.45, 7) is 0. The minimum absolute atomic E-state index is 0.489. The second-order valence-electron chi connectivity index (χ2n) is 3.50. The van der Waals surface area contributed by atoms with Crippen LogP contribution in [0.4, 0.5) is 0 Å². The van der Waals surface area contributed by atoms with E-state index in [4.69, 9.17) is 0 Å². The van der Waals surface area contributed by atoms with Crippen LogP contribution in [0.1, 0.15) is 0 Å². The largest absolute Gasteiger partial charge is 0.318 e. The van der Waals surface area contributed by atoms with Crippen LogP contribution in [-0.4, -0.2) is 16.7 Å². The summed E-state index contributed by atoms with van der Waals surface area (Å²) in [5, 5.41) is 2.04. The molecule has 4 heteroatoms. The Hall–Kier alpha value is -2.36. The van der Waals surface area contributed by atoms with Crippen molar-refractivity contribution in [2.45, 2.75) is 0 Å². The van der Waals surface area contributed by atoms with Gasteiger partial charge >= 0.3 is 5.91 Å². The molecule has 0 bridgehead atoms. The Morgan fingerprint density at radius 2 is 1.94 bits per heavy atom. The lowest BCUT2D eigenvalue weighted by molar-refractivity contribution is -0.132. The minimum Gasteiger partial charge on any atom is -0.284 e. The average molecular weight is 210 g/mol. The zero-order valence-electron chi connectivity index (χ0n) is 8.18. The molecule has 16 heavy (non-hydrogen) atoms. The number of ketones is 1. The SMILES string of the molecule is O=C1C=c2ccc3cccnc3c2=NC1=O. The molecule has 0 saturated heterocycles. The van der Waals surface area contributed by atoms with Crippen LogP contribution in [0, 0.1) is 0 Å². The van der Waals surface area contributed by atoms with Crippen molar-refractivity contribution >= 4 is 28.7 Å². The van der Waals surface area contributed by atoms with Gasteiger partial charge < -0.3 is 0 Å². The van der Waals surface area contributed by atoms with Crippen LogP contribution in [-0.2, 0) is 9.59 Å². The van der Waals surface area contributed by atoms with Gasteiger partial charge in [0.2, 0.25) is 5.78 Å². The first-order chi connectivity index (χ1) is 7.75. The molecule has 3 rings (SSSR count). The number of nitrogens with zero attached hydrogens (tertiary/aromatic N) is 2. The second kappa shape index (κ2) is 3.06. The van der Waals surface area contributed by atoms with Crippen molar-refractivity contribution < 1.29 is 9.59 Å². The lowest BCUT2D eigenvalue weighted by Gasteiger charge is -2.01. The molecule has 1 aliphatic rings. The van der Waals surface area contributed by atoms with Crippen molar-refractivity contribution in [1.29, 1.82) is 0 Å². The number of carbonyl (C=O) groups excluding carboxylic acids is 2. The molecule has 0 spiro atoms. The summed E-state index contributed by atoms with van der Waals surface area (Å²) < 4.78 is 0. The molecule has 1 aliphatic heterocycles. The first-order valence-corrected chi connectivity index (χ1v) is 4.78. The van der Waals surface area contributed by atoms with E-state index in [-0.39, 0.29) is 0 Å². The highest BCUT2D eigenvalue weighted by Gasteiger charge is 2.14.